The van der Waals surface area contributed by atoms with Crippen molar-refractivity contribution in [1.29, 1.82) is 0 Å². The molecule has 0 aliphatic rings. The molecule has 0 saturated carbocycles. The Balaban J connectivity index is 1.89. The molecule has 2 N–H and O–H groups in total. The van der Waals surface area contributed by atoms with E-state index < -0.39 is 11.6 Å². The van der Waals surface area contributed by atoms with Crippen molar-refractivity contribution in [1.82, 2.24) is 9.97 Å². The van der Waals surface area contributed by atoms with E-state index in [0.717, 1.165) is 12.1 Å². The van der Waals surface area contributed by atoms with Gasteiger partial charge < -0.3 is 10.6 Å². The molecular formula is C17H12Cl2F2N4. The van der Waals surface area contributed by atoms with Gasteiger partial charge in [0.15, 0.2) is 0 Å². The van der Waals surface area contributed by atoms with Crippen LogP contribution in [-0.2, 0) is 0 Å². The second kappa shape index (κ2) is 7.21. The maximum Gasteiger partial charge on any atom is 0.229 e. The summed E-state index contributed by atoms with van der Waals surface area (Å²) in [7, 11) is 0. The second-order valence-electron chi connectivity index (χ2n) is 5.19. The number of aryl methyl sites for hydroxylation is 1. The van der Waals surface area contributed by atoms with Gasteiger partial charge in [0, 0.05) is 17.8 Å². The number of anilines is 4. The third kappa shape index (κ3) is 4.15. The Morgan fingerprint density at radius 3 is 2.48 bits per heavy atom. The van der Waals surface area contributed by atoms with E-state index in [2.05, 4.69) is 20.6 Å². The Kier molecular flexibility index (Phi) is 5.01. The summed E-state index contributed by atoms with van der Waals surface area (Å²) in [6.07, 6.45) is 0. The lowest BCUT2D eigenvalue weighted by Gasteiger charge is -2.11. The summed E-state index contributed by atoms with van der Waals surface area (Å²) in [5.74, 6) is -0.767. The molecule has 1 heterocycles. The summed E-state index contributed by atoms with van der Waals surface area (Å²) in [5.41, 5.74) is 1.28. The van der Waals surface area contributed by atoms with Crippen LogP contribution in [0.25, 0.3) is 0 Å². The molecule has 3 rings (SSSR count). The Labute approximate surface area is 152 Å². The topological polar surface area (TPSA) is 49.8 Å². The Morgan fingerprint density at radius 1 is 0.920 bits per heavy atom. The van der Waals surface area contributed by atoms with Crippen molar-refractivity contribution in [2.45, 2.75) is 6.92 Å². The highest BCUT2D eigenvalue weighted by Gasteiger charge is 2.09. The Morgan fingerprint density at radius 2 is 1.72 bits per heavy atom. The molecule has 128 valence electrons. The average molecular weight is 381 g/mol. The van der Waals surface area contributed by atoms with Crippen molar-refractivity contribution in [3.05, 3.63) is 69.8 Å². The lowest BCUT2D eigenvalue weighted by atomic mass is 10.3. The molecule has 8 heteroatoms. The van der Waals surface area contributed by atoms with Gasteiger partial charge in [-0.3, -0.25) is 0 Å². The molecule has 4 nitrogen and oxygen atoms in total. The molecule has 0 amide bonds. The van der Waals surface area contributed by atoms with Gasteiger partial charge in [-0.1, -0.05) is 29.3 Å². The van der Waals surface area contributed by atoms with Gasteiger partial charge in [-0.15, -0.1) is 0 Å². The molecular weight excluding hydrogens is 369 g/mol. The van der Waals surface area contributed by atoms with E-state index in [-0.39, 0.29) is 11.6 Å². The summed E-state index contributed by atoms with van der Waals surface area (Å²) >= 11 is 12.1. The minimum Gasteiger partial charge on any atom is -0.338 e. The maximum atomic E-state index is 13.8. The van der Waals surface area contributed by atoms with E-state index in [1.54, 1.807) is 31.2 Å². The molecule has 0 unspecified atom stereocenters. The molecule has 0 fully saturated rings. The Bertz CT molecular complexity index is 935. The predicted molar refractivity (Wildman–Crippen MR) is 96.2 cm³/mol. The van der Waals surface area contributed by atoms with Crippen LogP contribution in [0.3, 0.4) is 0 Å². The number of hydrogen-bond acceptors (Lipinski definition) is 4. The summed E-state index contributed by atoms with van der Waals surface area (Å²) in [5, 5.41) is 6.51. The molecule has 2 aromatic carbocycles. The lowest BCUT2D eigenvalue weighted by molar-refractivity contribution is 0.586. The highest BCUT2D eigenvalue weighted by atomic mass is 35.5. The highest BCUT2D eigenvalue weighted by Crippen LogP contribution is 2.31. The van der Waals surface area contributed by atoms with E-state index in [0.29, 0.717) is 27.2 Å². The molecule has 0 radical (unpaired) electrons. The van der Waals surface area contributed by atoms with Crippen molar-refractivity contribution in [2.24, 2.45) is 0 Å². The van der Waals surface area contributed by atoms with Crippen molar-refractivity contribution in [2.75, 3.05) is 10.6 Å². The Hall–Kier alpha value is -2.44. The fraction of sp³-hybridized carbons (Fsp3) is 0.0588. The first kappa shape index (κ1) is 17.4. The van der Waals surface area contributed by atoms with Crippen LogP contribution in [0.1, 0.15) is 5.69 Å². The summed E-state index contributed by atoms with van der Waals surface area (Å²) in [6, 6.07) is 10.0. The van der Waals surface area contributed by atoms with Crippen LogP contribution in [0.2, 0.25) is 10.0 Å². The zero-order valence-corrected chi connectivity index (χ0v) is 14.5. The number of hydrogen-bond donors (Lipinski definition) is 2. The van der Waals surface area contributed by atoms with Gasteiger partial charge >= 0.3 is 0 Å². The quantitative estimate of drug-likeness (QED) is 0.595. The number of benzene rings is 2. The second-order valence-corrected chi connectivity index (χ2v) is 5.98. The first-order chi connectivity index (χ1) is 11.9. The fourth-order valence-electron chi connectivity index (χ4n) is 2.14. The number of halogens is 4. The maximum absolute atomic E-state index is 13.8. The van der Waals surface area contributed by atoms with Crippen molar-refractivity contribution in [3.63, 3.8) is 0 Å². The van der Waals surface area contributed by atoms with Gasteiger partial charge in [-0.2, -0.15) is 4.98 Å². The van der Waals surface area contributed by atoms with Crippen LogP contribution in [0.4, 0.5) is 31.9 Å². The molecule has 0 aliphatic carbocycles. The number of aromatic nitrogens is 2. The molecule has 0 saturated heterocycles. The molecule has 0 spiro atoms. The van der Waals surface area contributed by atoms with Crippen LogP contribution in [0, 0.1) is 18.6 Å². The minimum atomic E-state index is -0.719. The highest BCUT2D eigenvalue weighted by molar-refractivity contribution is 6.43. The van der Waals surface area contributed by atoms with E-state index in [1.807, 2.05) is 0 Å². The number of nitrogens with one attached hydrogen (secondary N) is 2. The summed E-state index contributed by atoms with van der Waals surface area (Å²) in [4.78, 5) is 8.52. The van der Waals surface area contributed by atoms with Gasteiger partial charge in [0.1, 0.15) is 17.5 Å². The van der Waals surface area contributed by atoms with Gasteiger partial charge in [0.25, 0.3) is 0 Å². The first-order valence-electron chi connectivity index (χ1n) is 7.21. The van der Waals surface area contributed by atoms with Gasteiger partial charge in [0.2, 0.25) is 5.95 Å². The largest absolute Gasteiger partial charge is 0.338 e. The normalized spacial score (nSPS) is 10.6. The van der Waals surface area contributed by atoms with Gasteiger partial charge in [-0.25, -0.2) is 13.8 Å². The number of rotatable bonds is 4. The van der Waals surface area contributed by atoms with Crippen LogP contribution < -0.4 is 10.6 Å². The van der Waals surface area contributed by atoms with E-state index in [9.17, 15) is 8.78 Å². The van der Waals surface area contributed by atoms with E-state index in [1.165, 1.54) is 6.07 Å². The molecule has 1 aromatic heterocycles. The third-order valence-corrected chi connectivity index (χ3v) is 4.07. The average Bonchev–Trinajstić information content (AvgIpc) is 2.54. The summed E-state index contributed by atoms with van der Waals surface area (Å²) in [6.45, 7) is 1.76. The monoisotopic (exact) mass is 380 g/mol. The minimum absolute atomic E-state index is 0.103. The molecule has 3 aromatic rings. The summed E-state index contributed by atoms with van der Waals surface area (Å²) < 4.78 is 26.8. The third-order valence-electron chi connectivity index (χ3n) is 3.25. The standard InChI is InChI=1S/C17H12Cl2F2N4/c1-9-7-15(23-13-6-5-10(20)8-12(13)21)25-17(22-9)24-14-4-2-3-11(18)16(14)19/h2-8H,1H3,(H2,22,23,24,25). The molecule has 0 bridgehead atoms. The zero-order chi connectivity index (χ0) is 18.0. The predicted octanol–water partition coefficient (Wildman–Crippen LogP) is 5.86. The smallest absolute Gasteiger partial charge is 0.229 e. The lowest BCUT2D eigenvalue weighted by Crippen LogP contribution is -2.03. The zero-order valence-electron chi connectivity index (χ0n) is 12.9. The van der Waals surface area contributed by atoms with E-state index >= 15 is 0 Å². The van der Waals surface area contributed by atoms with Crippen LogP contribution in [0.5, 0.6) is 0 Å². The van der Waals surface area contributed by atoms with Crippen molar-refractivity contribution in [3.8, 4) is 0 Å². The van der Waals surface area contributed by atoms with Crippen molar-refractivity contribution < 1.29 is 8.78 Å². The van der Waals surface area contributed by atoms with E-state index in [4.69, 9.17) is 23.2 Å². The molecule has 25 heavy (non-hydrogen) atoms. The van der Waals surface area contributed by atoms with Crippen molar-refractivity contribution >= 4 is 46.3 Å². The first-order valence-corrected chi connectivity index (χ1v) is 7.97. The fourth-order valence-corrected chi connectivity index (χ4v) is 2.49. The SMILES string of the molecule is Cc1cc(Nc2ccc(F)cc2F)nc(Nc2cccc(Cl)c2Cl)n1. The van der Waals surface area contributed by atoms with Gasteiger partial charge in [0.05, 0.1) is 21.4 Å². The van der Waals surface area contributed by atoms with Crippen LogP contribution in [0.15, 0.2) is 42.5 Å². The molecule has 0 aliphatic heterocycles. The van der Waals surface area contributed by atoms with Crippen LogP contribution >= 0.6 is 23.2 Å². The molecule has 0 atom stereocenters. The van der Waals surface area contributed by atoms with Crippen LogP contribution in [-0.4, -0.2) is 9.97 Å². The number of nitrogens with zero attached hydrogens (tertiary/aromatic N) is 2. The van der Waals surface area contributed by atoms with Gasteiger partial charge in [-0.05, 0) is 31.2 Å².